The molecular formula is C15H24N4O. The average molecular weight is 276 g/mol. The van der Waals surface area contributed by atoms with E-state index >= 15 is 0 Å². The van der Waals surface area contributed by atoms with Gasteiger partial charge in [0.1, 0.15) is 5.82 Å². The maximum atomic E-state index is 5.67. The molecule has 1 aromatic carbocycles. The fourth-order valence-electron chi connectivity index (χ4n) is 2.56. The van der Waals surface area contributed by atoms with Crippen LogP contribution in [0.2, 0.25) is 0 Å². The van der Waals surface area contributed by atoms with Gasteiger partial charge in [-0.1, -0.05) is 12.1 Å². The molecule has 5 nitrogen and oxygen atoms in total. The zero-order valence-corrected chi connectivity index (χ0v) is 12.5. The Morgan fingerprint density at radius 2 is 2.15 bits per heavy atom. The van der Waals surface area contributed by atoms with Gasteiger partial charge in [0.15, 0.2) is 0 Å². The molecule has 0 aliphatic rings. The fourth-order valence-corrected chi connectivity index (χ4v) is 2.56. The first kappa shape index (κ1) is 15.0. The second-order valence-electron chi connectivity index (χ2n) is 5.11. The molecule has 0 aliphatic carbocycles. The van der Waals surface area contributed by atoms with Crippen molar-refractivity contribution in [1.82, 2.24) is 15.0 Å². The van der Waals surface area contributed by atoms with Gasteiger partial charge in [0.2, 0.25) is 0 Å². The van der Waals surface area contributed by atoms with Crippen molar-refractivity contribution in [2.24, 2.45) is 5.84 Å². The third kappa shape index (κ3) is 3.17. The summed E-state index contributed by atoms with van der Waals surface area (Å²) >= 11 is 0. The van der Waals surface area contributed by atoms with Crippen molar-refractivity contribution in [3.63, 3.8) is 0 Å². The van der Waals surface area contributed by atoms with Crippen molar-refractivity contribution in [1.29, 1.82) is 0 Å². The van der Waals surface area contributed by atoms with Crippen LogP contribution in [0, 0.1) is 0 Å². The predicted octanol–water partition coefficient (Wildman–Crippen LogP) is 1.86. The zero-order valence-electron chi connectivity index (χ0n) is 12.5. The number of hydrogen-bond donors (Lipinski definition) is 2. The van der Waals surface area contributed by atoms with E-state index in [1.807, 2.05) is 25.1 Å². The molecule has 0 spiro atoms. The first-order valence-corrected chi connectivity index (χ1v) is 7.12. The fraction of sp³-hybridized carbons (Fsp3) is 0.533. The SMILES string of the molecule is CCn1c(CC(CC(C)OC)NN)nc2ccccc21. The normalized spacial score (nSPS) is 14.6. The van der Waals surface area contributed by atoms with E-state index in [1.54, 1.807) is 7.11 Å². The molecule has 2 unspecified atom stereocenters. The highest BCUT2D eigenvalue weighted by Gasteiger charge is 2.16. The van der Waals surface area contributed by atoms with Crippen LogP contribution < -0.4 is 11.3 Å². The smallest absolute Gasteiger partial charge is 0.111 e. The van der Waals surface area contributed by atoms with E-state index in [-0.39, 0.29) is 12.1 Å². The molecule has 20 heavy (non-hydrogen) atoms. The summed E-state index contributed by atoms with van der Waals surface area (Å²) in [5.41, 5.74) is 5.10. The second-order valence-corrected chi connectivity index (χ2v) is 5.11. The van der Waals surface area contributed by atoms with E-state index in [0.29, 0.717) is 0 Å². The van der Waals surface area contributed by atoms with Crippen molar-refractivity contribution in [3.05, 3.63) is 30.1 Å². The maximum Gasteiger partial charge on any atom is 0.111 e. The van der Waals surface area contributed by atoms with Crippen LogP contribution in [0.3, 0.4) is 0 Å². The number of nitrogens with two attached hydrogens (primary N) is 1. The molecule has 3 N–H and O–H groups in total. The third-order valence-electron chi connectivity index (χ3n) is 3.73. The quantitative estimate of drug-likeness (QED) is 0.598. The van der Waals surface area contributed by atoms with Gasteiger partial charge in [0.05, 0.1) is 17.1 Å². The number of nitrogens with one attached hydrogen (secondary N) is 1. The number of imidazole rings is 1. The Bertz CT molecular complexity index is 552. The largest absolute Gasteiger partial charge is 0.382 e. The van der Waals surface area contributed by atoms with Crippen molar-refractivity contribution < 1.29 is 4.74 Å². The van der Waals surface area contributed by atoms with E-state index in [9.17, 15) is 0 Å². The van der Waals surface area contributed by atoms with Gasteiger partial charge in [-0.15, -0.1) is 0 Å². The first-order valence-electron chi connectivity index (χ1n) is 7.12. The molecule has 0 fully saturated rings. The number of para-hydroxylation sites is 2. The third-order valence-corrected chi connectivity index (χ3v) is 3.73. The van der Waals surface area contributed by atoms with Crippen LogP contribution >= 0.6 is 0 Å². The summed E-state index contributed by atoms with van der Waals surface area (Å²) in [6.07, 6.45) is 1.84. The minimum atomic E-state index is 0.159. The number of ether oxygens (including phenoxy) is 1. The predicted molar refractivity (Wildman–Crippen MR) is 81.3 cm³/mol. The Labute approximate surface area is 120 Å². The lowest BCUT2D eigenvalue weighted by atomic mass is 10.1. The monoisotopic (exact) mass is 276 g/mol. The highest BCUT2D eigenvalue weighted by Crippen LogP contribution is 2.18. The first-order chi connectivity index (χ1) is 9.69. The molecule has 110 valence electrons. The van der Waals surface area contributed by atoms with Crippen LogP contribution in [-0.4, -0.2) is 28.8 Å². The number of benzene rings is 1. The Morgan fingerprint density at radius 1 is 1.40 bits per heavy atom. The summed E-state index contributed by atoms with van der Waals surface area (Å²) in [6, 6.07) is 8.38. The van der Waals surface area contributed by atoms with Gasteiger partial charge in [0.25, 0.3) is 0 Å². The number of aromatic nitrogens is 2. The van der Waals surface area contributed by atoms with Crippen molar-refractivity contribution >= 4 is 11.0 Å². The van der Waals surface area contributed by atoms with Crippen LogP contribution in [0.25, 0.3) is 11.0 Å². The molecule has 0 radical (unpaired) electrons. The summed E-state index contributed by atoms with van der Waals surface area (Å²) in [4.78, 5) is 4.73. The standard InChI is InChI=1S/C15H24N4O/c1-4-19-14-8-6-5-7-13(14)17-15(19)10-12(18-16)9-11(2)20-3/h5-8,11-12,18H,4,9-10,16H2,1-3H3. The molecule has 0 bridgehead atoms. The van der Waals surface area contributed by atoms with Gasteiger partial charge in [-0.05, 0) is 32.4 Å². The number of fused-ring (bicyclic) bond motifs is 1. The number of nitrogens with zero attached hydrogens (tertiary/aromatic N) is 2. The summed E-state index contributed by atoms with van der Waals surface area (Å²) < 4.78 is 7.56. The minimum absolute atomic E-state index is 0.159. The number of aryl methyl sites for hydroxylation is 1. The Balaban J connectivity index is 2.23. The van der Waals surface area contributed by atoms with Crippen molar-refractivity contribution in [2.45, 2.75) is 45.4 Å². The van der Waals surface area contributed by atoms with Gasteiger partial charge < -0.3 is 9.30 Å². The number of hydrazine groups is 1. The van der Waals surface area contributed by atoms with Crippen LogP contribution in [-0.2, 0) is 17.7 Å². The summed E-state index contributed by atoms with van der Waals surface area (Å²) in [5, 5.41) is 0. The van der Waals surface area contributed by atoms with Crippen molar-refractivity contribution in [3.8, 4) is 0 Å². The van der Waals surface area contributed by atoms with Crippen LogP contribution in [0.15, 0.2) is 24.3 Å². The van der Waals surface area contributed by atoms with Crippen LogP contribution in [0.5, 0.6) is 0 Å². The molecule has 1 aromatic heterocycles. The van der Waals surface area contributed by atoms with E-state index < -0.39 is 0 Å². The highest BCUT2D eigenvalue weighted by molar-refractivity contribution is 5.75. The maximum absolute atomic E-state index is 5.67. The molecule has 1 heterocycles. The van der Waals surface area contributed by atoms with Gasteiger partial charge in [-0.2, -0.15) is 0 Å². The van der Waals surface area contributed by atoms with Crippen LogP contribution in [0.4, 0.5) is 0 Å². The average Bonchev–Trinajstić information content (AvgIpc) is 2.83. The second kappa shape index (κ2) is 6.83. The van der Waals surface area contributed by atoms with Gasteiger partial charge in [-0.3, -0.25) is 11.3 Å². The molecule has 0 saturated carbocycles. The number of hydrogen-bond acceptors (Lipinski definition) is 4. The van der Waals surface area contributed by atoms with Gasteiger partial charge >= 0.3 is 0 Å². The molecule has 2 rings (SSSR count). The molecule has 2 aromatic rings. The number of rotatable bonds is 7. The Morgan fingerprint density at radius 3 is 2.80 bits per heavy atom. The zero-order chi connectivity index (χ0) is 14.5. The summed E-state index contributed by atoms with van der Waals surface area (Å²) in [7, 11) is 1.72. The number of methoxy groups -OCH3 is 1. The van der Waals surface area contributed by atoms with E-state index in [0.717, 1.165) is 30.7 Å². The molecule has 5 heteroatoms. The van der Waals surface area contributed by atoms with Crippen LogP contribution in [0.1, 0.15) is 26.1 Å². The van der Waals surface area contributed by atoms with E-state index in [4.69, 9.17) is 15.6 Å². The molecule has 0 amide bonds. The van der Waals surface area contributed by atoms with E-state index in [2.05, 4.69) is 23.0 Å². The summed E-state index contributed by atoms with van der Waals surface area (Å²) in [6.45, 7) is 5.10. The lowest BCUT2D eigenvalue weighted by Gasteiger charge is -2.19. The molecule has 0 saturated heterocycles. The Kier molecular flexibility index (Phi) is 5.11. The summed E-state index contributed by atoms with van der Waals surface area (Å²) in [5.74, 6) is 6.74. The minimum Gasteiger partial charge on any atom is -0.382 e. The molecule has 0 aliphatic heterocycles. The van der Waals surface area contributed by atoms with Gasteiger partial charge in [-0.25, -0.2) is 4.98 Å². The molecule has 2 atom stereocenters. The topological polar surface area (TPSA) is 65.1 Å². The van der Waals surface area contributed by atoms with Crippen molar-refractivity contribution in [2.75, 3.05) is 7.11 Å². The molecular weight excluding hydrogens is 252 g/mol. The lowest BCUT2D eigenvalue weighted by molar-refractivity contribution is 0.100. The van der Waals surface area contributed by atoms with Gasteiger partial charge in [0, 0.05) is 26.1 Å². The lowest BCUT2D eigenvalue weighted by Crippen LogP contribution is -2.39. The highest BCUT2D eigenvalue weighted by atomic mass is 16.5. The Hall–Kier alpha value is -1.43. The van der Waals surface area contributed by atoms with E-state index in [1.165, 1.54) is 5.52 Å².